The third-order valence-electron chi connectivity index (χ3n) is 5.07. The number of nitrogens with one attached hydrogen (secondary N) is 2. The van der Waals surface area contributed by atoms with Gasteiger partial charge >= 0.3 is 0 Å². The number of carbonyl (C=O) groups is 1. The van der Waals surface area contributed by atoms with Gasteiger partial charge in [-0.2, -0.15) is 5.21 Å². The fraction of sp³-hybridized carbons (Fsp3) is 0.476. The Labute approximate surface area is 170 Å². The lowest BCUT2D eigenvalue weighted by molar-refractivity contribution is -0.122. The number of hydrogen-bond acceptors (Lipinski definition) is 7. The number of aromatic nitrogens is 5. The zero-order valence-electron chi connectivity index (χ0n) is 17.1. The second kappa shape index (κ2) is 9.56. The molecular formula is C21H28N6O2. The van der Waals surface area contributed by atoms with Crippen LogP contribution in [0.2, 0.25) is 0 Å². The molecule has 29 heavy (non-hydrogen) atoms. The Morgan fingerprint density at radius 2 is 2.10 bits per heavy atom. The van der Waals surface area contributed by atoms with E-state index in [9.17, 15) is 4.79 Å². The largest absolute Gasteiger partial charge is 0.395 e. The van der Waals surface area contributed by atoms with Crippen molar-refractivity contribution in [2.75, 3.05) is 18.5 Å². The van der Waals surface area contributed by atoms with Crippen LogP contribution in [0.25, 0.3) is 10.9 Å². The molecule has 0 saturated carbocycles. The monoisotopic (exact) mass is 396 g/mol. The second-order valence-electron chi connectivity index (χ2n) is 7.83. The smallest absolute Gasteiger partial charge is 0.178 e. The minimum Gasteiger partial charge on any atom is -0.395 e. The average molecular weight is 396 g/mol. The Balaban J connectivity index is 1.88. The number of aliphatic hydroxyl groups is 1. The summed E-state index contributed by atoms with van der Waals surface area (Å²) < 4.78 is 0. The summed E-state index contributed by atoms with van der Waals surface area (Å²) in [5.74, 6) is 0.800. The number of aromatic amines is 1. The molecule has 0 spiro atoms. The van der Waals surface area contributed by atoms with E-state index in [0.29, 0.717) is 24.7 Å². The van der Waals surface area contributed by atoms with Gasteiger partial charge in [0.2, 0.25) is 0 Å². The minimum absolute atomic E-state index is 0.0716. The molecule has 0 radical (unpaired) electrons. The quantitative estimate of drug-likeness (QED) is 0.482. The number of Topliss-reactive ketones (excluding diaryl/α,β-unsaturated/α-hetero) is 1. The lowest BCUT2D eigenvalue weighted by Crippen LogP contribution is -2.25. The first-order chi connectivity index (χ1) is 14.0. The molecule has 0 amide bonds. The maximum absolute atomic E-state index is 12.4. The Hall–Kier alpha value is -2.87. The van der Waals surface area contributed by atoms with Crippen molar-refractivity contribution < 1.29 is 9.90 Å². The topological polar surface area (TPSA) is 117 Å². The molecule has 8 nitrogen and oxygen atoms in total. The molecule has 0 unspecified atom stereocenters. The predicted octanol–water partition coefficient (Wildman–Crippen LogP) is 2.73. The first-order valence-electron chi connectivity index (χ1n) is 9.95. The van der Waals surface area contributed by atoms with Crippen LogP contribution in [0.15, 0.2) is 30.5 Å². The van der Waals surface area contributed by atoms with E-state index in [0.717, 1.165) is 28.6 Å². The maximum atomic E-state index is 12.4. The maximum Gasteiger partial charge on any atom is 0.178 e. The van der Waals surface area contributed by atoms with Gasteiger partial charge in [-0.25, -0.2) is 0 Å². The van der Waals surface area contributed by atoms with Crippen molar-refractivity contribution in [3.05, 3.63) is 41.9 Å². The first kappa shape index (κ1) is 20.9. The highest BCUT2D eigenvalue weighted by atomic mass is 16.3. The van der Waals surface area contributed by atoms with Gasteiger partial charge in [0.25, 0.3) is 0 Å². The Bertz CT molecular complexity index is 942. The third-order valence-corrected chi connectivity index (χ3v) is 5.07. The van der Waals surface area contributed by atoms with E-state index in [1.807, 2.05) is 18.2 Å². The minimum atomic E-state index is -0.165. The summed E-state index contributed by atoms with van der Waals surface area (Å²) in [4.78, 5) is 17.0. The summed E-state index contributed by atoms with van der Waals surface area (Å²) in [6, 6.07) is 8.14. The van der Waals surface area contributed by atoms with Crippen LogP contribution in [-0.2, 0) is 11.2 Å². The van der Waals surface area contributed by atoms with E-state index in [-0.39, 0.29) is 24.2 Å². The lowest BCUT2D eigenvalue weighted by atomic mass is 9.79. The van der Waals surface area contributed by atoms with Gasteiger partial charge in [-0.3, -0.25) is 9.78 Å². The van der Waals surface area contributed by atoms with Crippen LogP contribution in [0.4, 0.5) is 5.69 Å². The summed E-state index contributed by atoms with van der Waals surface area (Å²) in [6.07, 6.45) is 3.18. The van der Waals surface area contributed by atoms with E-state index in [2.05, 4.69) is 50.8 Å². The second-order valence-corrected chi connectivity index (χ2v) is 7.83. The number of carbonyl (C=O) groups excluding carboxylic acids is 1. The number of rotatable bonds is 10. The summed E-state index contributed by atoms with van der Waals surface area (Å²) >= 11 is 0. The van der Waals surface area contributed by atoms with Crippen molar-refractivity contribution in [2.45, 2.75) is 39.5 Å². The molecule has 0 saturated heterocycles. The molecule has 0 bridgehead atoms. The fourth-order valence-electron chi connectivity index (χ4n) is 3.71. The number of tetrazole rings is 1. The van der Waals surface area contributed by atoms with Crippen molar-refractivity contribution in [1.29, 1.82) is 0 Å². The van der Waals surface area contributed by atoms with E-state index in [4.69, 9.17) is 5.11 Å². The molecule has 1 aromatic carbocycles. The molecular weight excluding hydrogens is 368 g/mol. The highest BCUT2D eigenvalue weighted by Gasteiger charge is 2.31. The van der Waals surface area contributed by atoms with Gasteiger partial charge in [-0.1, -0.05) is 31.2 Å². The van der Waals surface area contributed by atoms with Crippen LogP contribution in [0.5, 0.6) is 0 Å². The summed E-state index contributed by atoms with van der Waals surface area (Å²) in [6.45, 7) is 6.43. The fourth-order valence-corrected chi connectivity index (χ4v) is 3.71. The molecule has 0 aliphatic rings. The lowest BCUT2D eigenvalue weighted by Gasteiger charge is -2.24. The number of H-pyrrole nitrogens is 1. The number of nitrogens with zero attached hydrogens (tertiary/aromatic N) is 4. The number of fused-ring (bicyclic) bond motifs is 1. The van der Waals surface area contributed by atoms with Gasteiger partial charge in [0.15, 0.2) is 5.82 Å². The van der Waals surface area contributed by atoms with E-state index in [1.165, 1.54) is 0 Å². The summed E-state index contributed by atoms with van der Waals surface area (Å²) in [7, 11) is 0. The SMILES string of the molecule is CC(=O)[C@@H](CC(C)C)[C@H](Cc1ccc2cc(NCCO)cnc2c1)c1nn[nH]n1. The van der Waals surface area contributed by atoms with Crippen molar-refractivity contribution in [1.82, 2.24) is 25.6 Å². The Kier molecular flexibility index (Phi) is 6.87. The molecule has 2 aromatic heterocycles. The van der Waals surface area contributed by atoms with E-state index < -0.39 is 0 Å². The molecule has 3 aromatic rings. The number of pyridine rings is 1. The molecule has 2 heterocycles. The van der Waals surface area contributed by atoms with Crippen LogP contribution in [0, 0.1) is 11.8 Å². The molecule has 8 heteroatoms. The van der Waals surface area contributed by atoms with Gasteiger partial charge in [-0.05, 0) is 43.4 Å². The number of aliphatic hydroxyl groups excluding tert-OH is 1. The zero-order chi connectivity index (χ0) is 20.8. The van der Waals surface area contributed by atoms with Gasteiger partial charge in [0.1, 0.15) is 5.78 Å². The summed E-state index contributed by atoms with van der Waals surface area (Å²) in [5, 5.41) is 27.7. The van der Waals surface area contributed by atoms with Crippen molar-refractivity contribution in [2.24, 2.45) is 11.8 Å². The van der Waals surface area contributed by atoms with E-state index >= 15 is 0 Å². The van der Waals surface area contributed by atoms with Crippen molar-refractivity contribution in [3.63, 3.8) is 0 Å². The average Bonchev–Trinajstić information content (AvgIpc) is 3.23. The zero-order valence-corrected chi connectivity index (χ0v) is 17.1. The number of benzene rings is 1. The molecule has 3 N–H and O–H groups in total. The highest BCUT2D eigenvalue weighted by molar-refractivity contribution is 5.82. The van der Waals surface area contributed by atoms with Crippen molar-refractivity contribution >= 4 is 22.4 Å². The van der Waals surface area contributed by atoms with Gasteiger partial charge in [-0.15, -0.1) is 10.2 Å². The standard InChI is InChI=1S/C21H28N6O2/c1-13(2)8-18(14(3)29)19(21-24-26-27-25-21)9-15-4-5-16-11-17(22-6-7-28)12-23-20(16)10-15/h4-5,10-13,18-19,22,28H,6-9H2,1-3H3,(H,24,25,26,27)/t18-,19+/m1/s1. The van der Waals surface area contributed by atoms with Crippen LogP contribution < -0.4 is 5.32 Å². The van der Waals surface area contributed by atoms with Crippen LogP contribution in [0.1, 0.15) is 44.5 Å². The first-order valence-corrected chi connectivity index (χ1v) is 9.95. The number of ketones is 1. The van der Waals surface area contributed by atoms with Gasteiger partial charge < -0.3 is 10.4 Å². The summed E-state index contributed by atoms with van der Waals surface area (Å²) in [5.41, 5.74) is 2.83. The predicted molar refractivity (Wildman–Crippen MR) is 112 cm³/mol. The Morgan fingerprint density at radius 3 is 2.76 bits per heavy atom. The molecule has 0 aliphatic carbocycles. The van der Waals surface area contributed by atoms with Crippen LogP contribution in [-0.4, -0.2) is 49.6 Å². The van der Waals surface area contributed by atoms with E-state index in [1.54, 1.807) is 13.1 Å². The molecule has 154 valence electrons. The third kappa shape index (κ3) is 5.35. The number of anilines is 1. The molecule has 3 rings (SSSR count). The molecule has 2 atom stereocenters. The Morgan fingerprint density at radius 1 is 1.28 bits per heavy atom. The molecule has 0 fully saturated rings. The van der Waals surface area contributed by atoms with Crippen LogP contribution in [0.3, 0.4) is 0 Å². The molecule has 0 aliphatic heterocycles. The normalized spacial score (nSPS) is 13.6. The van der Waals surface area contributed by atoms with Gasteiger partial charge in [0.05, 0.1) is 24.0 Å². The highest BCUT2D eigenvalue weighted by Crippen LogP contribution is 2.32. The van der Waals surface area contributed by atoms with Crippen LogP contribution >= 0.6 is 0 Å². The van der Waals surface area contributed by atoms with Crippen molar-refractivity contribution in [3.8, 4) is 0 Å². The van der Waals surface area contributed by atoms with Gasteiger partial charge in [0, 0.05) is 23.8 Å². The number of hydrogen-bond donors (Lipinski definition) is 3.